The number of aryl methyl sites for hydroxylation is 1. The summed E-state index contributed by atoms with van der Waals surface area (Å²) in [7, 11) is -4.07. The Labute approximate surface area is 146 Å². The average molecular weight is 365 g/mol. The maximum absolute atomic E-state index is 12.2. The summed E-state index contributed by atoms with van der Waals surface area (Å²) in [4.78, 5) is 24.0. The maximum atomic E-state index is 12.2. The number of carbonyl (C=O) groups excluding carboxylic acids is 2. The summed E-state index contributed by atoms with van der Waals surface area (Å²) in [6.07, 6.45) is 1.07. The third kappa shape index (κ3) is 4.66. The van der Waals surface area contributed by atoms with E-state index in [1.54, 1.807) is 25.1 Å². The number of rotatable bonds is 5. The van der Waals surface area contributed by atoms with Gasteiger partial charge in [0, 0.05) is 11.9 Å². The van der Waals surface area contributed by atoms with Crippen molar-refractivity contribution in [2.45, 2.75) is 20.8 Å². The van der Waals surface area contributed by atoms with Crippen LogP contribution in [0.4, 0.5) is 5.69 Å². The maximum Gasteiger partial charge on any atom is 0.344 e. The molecule has 1 aromatic carbocycles. The Morgan fingerprint density at radius 2 is 2.00 bits per heavy atom. The lowest BCUT2D eigenvalue weighted by Crippen LogP contribution is -2.37. The third-order valence-corrected chi connectivity index (χ3v) is 4.64. The van der Waals surface area contributed by atoms with Crippen LogP contribution in [0.25, 0.3) is 0 Å². The summed E-state index contributed by atoms with van der Waals surface area (Å²) in [6.45, 7) is 4.54. The number of hydrogen-bond donors (Lipinski definition) is 1. The van der Waals surface area contributed by atoms with E-state index in [-0.39, 0.29) is 17.9 Å². The summed E-state index contributed by atoms with van der Waals surface area (Å²) in [6, 6.07) is 7.09. The molecular formula is C16H19N3O5S. The molecule has 0 saturated heterocycles. The summed E-state index contributed by atoms with van der Waals surface area (Å²) < 4.78 is 33.4. The first-order chi connectivity index (χ1) is 11.7. The molecule has 25 heavy (non-hydrogen) atoms. The monoisotopic (exact) mass is 365 g/mol. The van der Waals surface area contributed by atoms with E-state index >= 15 is 0 Å². The van der Waals surface area contributed by atoms with Crippen LogP contribution in [-0.4, -0.2) is 43.5 Å². The number of esters is 1. The molecule has 1 aliphatic heterocycles. The topological polar surface area (TPSA) is 105 Å². The van der Waals surface area contributed by atoms with E-state index in [1.165, 1.54) is 6.92 Å². The highest BCUT2D eigenvalue weighted by Gasteiger charge is 2.30. The smallest absolute Gasteiger partial charge is 0.344 e. The predicted molar refractivity (Wildman–Crippen MR) is 93.3 cm³/mol. The van der Waals surface area contributed by atoms with Gasteiger partial charge in [0.05, 0.1) is 17.9 Å². The van der Waals surface area contributed by atoms with Gasteiger partial charge in [0.2, 0.25) is 5.91 Å². The molecule has 1 aliphatic rings. The minimum atomic E-state index is -4.07. The van der Waals surface area contributed by atoms with Crippen molar-refractivity contribution in [3.8, 4) is 0 Å². The van der Waals surface area contributed by atoms with Crippen molar-refractivity contribution in [1.82, 2.24) is 4.31 Å². The van der Waals surface area contributed by atoms with Gasteiger partial charge in [-0.15, -0.1) is 4.40 Å². The van der Waals surface area contributed by atoms with E-state index in [0.717, 1.165) is 16.1 Å². The second kappa shape index (κ2) is 7.47. The van der Waals surface area contributed by atoms with Crippen LogP contribution >= 0.6 is 0 Å². The highest BCUT2D eigenvalue weighted by Crippen LogP contribution is 2.18. The number of benzene rings is 1. The second-order valence-electron chi connectivity index (χ2n) is 5.38. The first kappa shape index (κ1) is 18.7. The van der Waals surface area contributed by atoms with Gasteiger partial charge in [-0.1, -0.05) is 12.1 Å². The molecule has 0 aliphatic carbocycles. The number of amides is 1. The molecule has 0 aromatic heterocycles. The van der Waals surface area contributed by atoms with Gasteiger partial charge in [0.15, 0.2) is 0 Å². The second-order valence-corrected chi connectivity index (χ2v) is 6.93. The van der Waals surface area contributed by atoms with Gasteiger partial charge >= 0.3 is 16.2 Å². The van der Waals surface area contributed by atoms with Gasteiger partial charge in [0.25, 0.3) is 0 Å². The molecule has 0 fully saturated rings. The SMILES string of the molecule is CCOC(=O)C1=CN(CC(=O)Nc2cccc(C)c2)S(=O)(=O)N=C1C. The fraction of sp³-hybridized carbons (Fsp3) is 0.312. The summed E-state index contributed by atoms with van der Waals surface area (Å²) >= 11 is 0. The predicted octanol–water partition coefficient (Wildman–Crippen LogP) is 1.40. The van der Waals surface area contributed by atoms with Crippen LogP contribution in [0.2, 0.25) is 0 Å². The van der Waals surface area contributed by atoms with Crippen LogP contribution in [0.1, 0.15) is 19.4 Å². The Morgan fingerprint density at radius 3 is 2.64 bits per heavy atom. The van der Waals surface area contributed by atoms with Crippen molar-refractivity contribution in [2.24, 2.45) is 4.40 Å². The molecule has 1 aromatic rings. The van der Waals surface area contributed by atoms with Crippen molar-refractivity contribution in [3.63, 3.8) is 0 Å². The Kier molecular flexibility index (Phi) is 5.58. The van der Waals surface area contributed by atoms with Crippen molar-refractivity contribution in [2.75, 3.05) is 18.5 Å². The third-order valence-electron chi connectivity index (χ3n) is 3.31. The molecule has 0 unspecified atom stereocenters. The molecule has 8 nitrogen and oxygen atoms in total. The van der Waals surface area contributed by atoms with Crippen LogP contribution in [0, 0.1) is 6.92 Å². The lowest BCUT2D eigenvalue weighted by atomic mass is 10.2. The Bertz CT molecular complexity index is 858. The number of nitrogens with zero attached hydrogens (tertiary/aromatic N) is 2. The largest absolute Gasteiger partial charge is 0.462 e. The quantitative estimate of drug-likeness (QED) is 0.794. The standard InChI is InChI=1S/C16H19N3O5S/c1-4-24-16(21)14-9-19(25(22,23)18-12(14)3)10-15(20)17-13-7-5-6-11(2)8-13/h5-9H,4,10H2,1-3H3,(H,17,20). The number of carbonyl (C=O) groups is 2. The summed E-state index contributed by atoms with van der Waals surface area (Å²) in [5.41, 5.74) is 1.52. The molecule has 0 radical (unpaired) electrons. The highest BCUT2D eigenvalue weighted by molar-refractivity contribution is 7.88. The van der Waals surface area contributed by atoms with E-state index in [4.69, 9.17) is 4.74 Å². The average Bonchev–Trinajstić information content (AvgIpc) is 2.49. The normalized spacial score (nSPS) is 15.9. The van der Waals surface area contributed by atoms with Crippen molar-refractivity contribution < 1.29 is 22.7 Å². The molecule has 1 heterocycles. The van der Waals surface area contributed by atoms with E-state index in [9.17, 15) is 18.0 Å². The van der Waals surface area contributed by atoms with Crippen LogP contribution in [-0.2, 0) is 24.5 Å². The minimum absolute atomic E-state index is 0.0000283. The molecular weight excluding hydrogens is 346 g/mol. The molecule has 0 saturated carbocycles. The lowest BCUT2D eigenvalue weighted by Gasteiger charge is -2.22. The van der Waals surface area contributed by atoms with Gasteiger partial charge < -0.3 is 10.1 Å². The van der Waals surface area contributed by atoms with E-state index in [0.29, 0.717) is 5.69 Å². The highest BCUT2D eigenvalue weighted by atomic mass is 32.2. The zero-order valence-electron chi connectivity index (χ0n) is 14.1. The van der Waals surface area contributed by atoms with Crippen LogP contribution in [0.5, 0.6) is 0 Å². The molecule has 1 amide bonds. The summed E-state index contributed by atoms with van der Waals surface area (Å²) in [5.74, 6) is -1.24. The Hall–Kier alpha value is -2.68. The molecule has 1 N–H and O–H groups in total. The number of anilines is 1. The molecule has 9 heteroatoms. The number of nitrogens with one attached hydrogen (secondary N) is 1. The first-order valence-corrected chi connectivity index (χ1v) is 8.97. The van der Waals surface area contributed by atoms with E-state index < -0.39 is 28.6 Å². The van der Waals surface area contributed by atoms with Gasteiger partial charge in [0.1, 0.15) is 6.54 Å². The summed E-state index contributed by atoms with van der Waals surface area (Å²) in [5, 5.41) is 2.61. The molecule has 0 spiro atoms. The van der Waals surface area contributed by atoms with E-state index in [2.05, 4.69) is 9.71 Å². The van der Waals surface area contributed by atoms with Gasteiger partial charge in [-0.2, -0.15) is 8.42 Å². The van der Waals surface area contributed by atoms with Crippen LogP contribution in [0.15, 0.2) is 40.4 Å². The molecule has 0 atom stereocenters. The van der Waals surface area contributed by atoms with Gasteiger partial charge in [-0.05, 0) is 38.5 Å². The molecule has 0 bridgehead atoms. The van der Waals surface area contributed by atoms with Crippen LogP contribution in [0.3, 0.4) is 0 Å². The zero-order valence-corrected chi connectivity index (χ0v) is 15.0. The Balaban J connectivity index is 2.18. The first-order valence-electron chi connectivity index (χ1n) is 7.57. The lowest BCUT2D eigenvalue weighted by molar-refractivity contribution is -0.138. The fourth-order valence-corrected chi connectivity index (χ4v) is 3.25. The molecule has 134 valence electrons. The Morgan fingerprint density at radius 1 is 1.28 bits per heavy atom. The molecule has 2 rings (SSSR count). The number of ether oxygens (including phenoxy) is 1. The van der Waals surface area contributed by atoms with Crippen molar-refractivity contribution >= 4 is 33.5 Å². The minimum Gasteiger partial charge on any atom is -0.462 e. The zero-order chi connectivity index (χ0) is 18.6. The van der Waals surface area contributed by atoms with Crippen LogP contribution < -0.4 is 5.32 Å². The fourth-order valence-electron chi connectivity index (χ4n) is 2.18. The van der Waals surface area contributed by atoms with Gasteiger partial charge in [-0.3, -0.25) is 4.79 Å². The van der Waals surface area contributed by atoms with Gasteiger partial charge in [-0.25, -0.2) is 9.10 Å². The number of hydrogen-bond acceptors (Lipinski definition) is 5. The van der Waals surface area contributed by atoms with Crippen molar-refractivity contribution in [1.29, 1.82) is 0 Å². The van der Waals surface area contributed by atoms with Crippen molar-refractivity contribution in [3.05, 3.63) is 41.6 Å². The van der Waals surface area contributed by atoms with E-state index in [1.807, 2.05) is 13.0 Å².